The standard InChI is InChI=1S/C32H42N2O6/c1-4-6-19-40-26-12-13-27(23(3)22-26)30(35)28-29(24-8-10-25(11-9-24)39-18-5-2)34(32(37)31(28)36)15-7-14-33-16-20-38-21-17-33/h8-13,22,29,35H,4-7,14-21H2,1-3H3. The average molecular weight is 551 g/mol. The molecule has 216 valence electrons. The summed E-state index contributed by atoms with van der Waals surface area (Å²) in [6.45, 7) is 11.6. The number of Topliss-reactive ketones (excluding diaryl/α,β-unsaturated/α-hetero) is 1. The average Bonchev–Trinajstić information content (AvgIpc) is 3.22. The van der Waals surface area contributed by atoms with E-state index in [0.717, 1.165) is 55.8 Å². The number of amides is 1. The van der Waals surface area contributed by atoms with E-state index in [0.29, 0.717) is 50.7 Å². The van der Waals surface area contributed by atoms with Gasteiger partial charge in [-0.05, 0) is 67.6 Å². The van der Waals surface area contributed by atoms with Gasteiger partial charge in [0.2, 0.25) is 0 Å². The maximum Gasteiger partial charge on any atom is 0.295 e. The number of carbonyl (C=O) groups excluding carboxylic acids is 2. The minimum Gasteiger partial charge on any atom is -0.507 e. The second kappa shape index (κ2) is 14.3. The number of carbonyl (C=O) groups is 2. The van der Waals surface area contributed by atoms with Crippen molar-refractivity contribution >= 4 is 17.4 Å². The molecule has 2 aliphatic heterocycles. The largest absolute Gasteiger partial charge is 0.507 e. The molecule has 0 radical (unpaired) electrons. The molecule has 2 saturated heterocycles. The van der Waals surface area contributed by atoms with Gasteiger partial charge < -0.3 is 24.2 Å². The highest BCUT2D eigenvalue weighted by Gasteiger charge is 2.46. The molecule has 8 heteroatoms. The SMILES string of the molecule is CCCCOc1ccc(C(O)=C2C(=O)C(=O)N(CCCN3CCOCC3)C2c2ccc(OCCC)cc2)c(C)c1. The normalized spacial score (nSPS) is 19.3. The fourth-order valence-electron chi connectivity index (χ4n) is 5.18. The number of benzene rings is 2. The Labute approximate surface area is 237 Å². The van der Waals surface area contributed by atoms with Crippen LogP contribution in [0.1, 0.15) is 62.3 Å². The van der Waals surface area contributed by atoms with Gasteiger partial charge in [-0.15, -0.1) is 0 Å². The highest BCUT2D eigenvalue weighted by Crippen LogP contribution is 2.40. The Morgan fingerprint density at radius 1 is 0.925 bits per heavy atom. The summed E-state index contributed by atoms with van der Waals surface area (Å²) < 4.78 is 17.0. The highest BCUT2D eigenvalue weighted by molar-refractivity contribution is 6.46. The number of unbranched alkanes of at least 4 members (excludes halogenated alkanes) is 1. The molecule has 1 N–H and O–H groups in total. The monoisotopic (exact) mass is 550 g/mol. The number of ketones is 1. The summed E-state index contributed by atoms with van der Waals surface area (Å²) in [6, 6.07) is 12.2. The molecule has 0 aromatic heterocycles. The molecule has 2 heterocycles. The molecule has 2 fully saturated rings. The molecule has 4 rings (SSSR count). The molecule has 1 atom stereocenters. The zero-order chi connectivity index (χ0) is 28.5. The van der Waals surface area contributed by atoms with Gasteiger partial charge in [-0.25, -0.2) is 0 Å². The van der Waals surface area contributed by atoms with E-state index in [9.17, 15) is 14.7 Å². The number of morpholine rings is 1. The third-order valence-corrected chi connectivity index (χ3v) is 7.41. The summed E-state index contributed by atoms with van der Waals surface area (Å²) >= 11 is 0. The van der Waals surface area contributed by atoms with Crippen molar-refractivity contribution in [3.8, 4) is 11.5 Å². The number of nitrogens with zero attached hydrogens (tertiary/aromatic N) is 2. The molecular formula is C32H42N2O6. The quantitative estimate of drug-likeness (QED) is 0.161. The number of aliphatic hydroxyl groups is 1. The van der Waals surface area contributed by atoms with Crippen molar-refractivity contribution in [2.24, 2.45) is 0 Å². The lowest BCUT2D eigenvalue weighted by Gasteiger charge is -2.29. The van der Waals surface area contributed by atoms with E-state index in [-0.39, 0.29) is 11.3 Å². The first-order valence-electron chi connectivity index (χ1n) is 14.5. The van der Waals surface area contributed by atoms with E-state index >= 15 is 0 Å². The molecule has 2 aliphatic rings. The van der Waals surface area contributed by atoms with Crippen LogP contribution in [0.25, 0.3) is 5.76 Å². The fraction of sp³-hybridized carbons (Fsp3) is 0.500. The van der Waals surface area contributed by atoms with E-state index in [1.165, 1.54) is 0 Å². The zero-order valence-electron chi connectivity index (χ0n) is 24.0. The van der Waals surface area contributed by atoms with E-state index in [1.54, 1.807) is 17.0 Å². The first kappa shape index (κ1) is 29.6. The van der Waals surface area contributed by atoms with Gasteiger partial charge in [-0.2, -0.15) is 0 Å². The fourth-order valence-corrected chi connectivity index (χ4v) is 5.18. The number of hydrogen-bond donors (Lipinski definition) is 1. The number of ether oxygens (including phenoxy) is 3. The maximum atomic E-state index is 13.5. The van der Waals surface area contributed by atoms with Gasteiger partial charge in [0.25, 0.3) is 11.7 Å². The Morgan fingerprint density at radius 3 is 2.30 bits per heavy atom. The third-order valence-electron chi connectivity index (χ3n) is 7.41. The Bertz CT molecular complexity index is 1190. The van der Waals surface area contributed by atoms with Gasteiger partial charge in [0.05, 0.1) is 38.0 Å². The van der Waals surface area contributed by atoms with Crippen LogP contribution in [0.3, 0.4) is 0 Å². The highest BCUT2D eigenvalue weighted by atomic mass is 16.5. The molecule has 1 amide bonds. The van der Waals surface area contributed by atoms with Crippen molar-refractivity contribution in [2.75, 3.05) is 52.6 Å². The van der Waals surface area contributed by atoms with E-state index in [1.807, 2.05) is 44.2 Å². The summed E-state index contributed by atoms with van der Waals surface area (Å²) in [7, 11) is 0. The van der Waals surface area contributed by atoms with E-state index in [4.69, 9.17) is 14.2 Å². The minimum atomic E-state index is -0.690. The first-order chi connectivity index (χ1) is 19.4. The molecule has 40 heavy (non-hydrogen) atoms. The topological polar surface area (TPSA) is 88.5 Å². The molecule has 8 nitrogen and oxygen atoms in total. The molecule has 1 unspecified atom stereocenters. The molecule has 0 aliphatic carbocycles. The van der Waals surface area contributed by atoms with E-state index < -0.39 is 17.7 Å². The lowest BCUT2D eigenvalue weighted by Crippen LogP contribution is -2.38. The van der Waals surface area contributed by atoms with Gasteiger partial charge in [-0.3, -0.25) is 14.5 Å². The summed E-state index contributed by atoms with van der Waals surface area (Å²) in [6.07, 6.45) is 3.60. The van der Waals surface area contributed by atoms with Crippen LogP contribution in [0.15, 0.2) is 48.0 Å². The Kier molecular flexibility index (Phi) is 10.6. The van der Waals surface area contributed by atoms with Crippen LogP contribution in [-0.2, 0) is 14.3 Å². The van der Waals surface area contributed by atoms with Crippen LogP contribution in [0.2, 0.25) is 0 Å². The predicted molar refractivity (Wildman–Crippen MR) is 155 cm³/mol. The van der Waals surface area contributed by atoms with Crippen LogP contribution in [0.5, 0.6) is 11.5 Å². The van der Waals surface area contributed by atoms with Crippen molar-refractivity contribution in [3.05, 3.63) is 64.7 Å². The van der Waals surface area contributed by atoms with Crippen molar-refractivity contribution in [3.63, 3.8) is 0 Å². The van der Waals surface area contributed by atoms with Crippen LogP contribution >= 0.6 is 0 Å². The number of rotatable bonds is 13. The van der Waals surface area contributed by atoms with Gasteiger partial charge in [0.1, 0.15) is 17.3 Å². The van der Waals surface area contributed by atoms with Crippen LogP contribution in [-0.4, -0.2) is 79.2 Å². The smallest absolute Gasteiger partial charge is 0.295 e. The summed E-state index contributed by atoms with van der Waals surface area (Å²) in [5.41, 5.74) is 2.16. The first-order valence-corrected chi connectivity index (χ1v) is 14.5. The van der Waals surface area contributed by atoms with Crippen molar-refractivity contribution in [2.45, 2.75) is 52.5 Å². The zero-order valence-corrected chi connectivity index (χ0v) is 24.0. The Balaban J connectivity index is 1.65. The predicted octanol–water partition coefficient (Wildman–Crippen LogP) is 5.11. The third kappa shape index (κ3) is 7.04. The molecular weight excluding hydrogens is 508 g/mol. The molecule has 0 bridgehead atoms. The Morgan fingerprint density at radius 2 is 1.62 bits per heavy atom. The number of aliphatic hydroxyl groups excluding tert-OH is 1. The van der Waals surface area contributed by atoms with Crippen LogP contribution in [0, 0.1) is 6.92 Å². The maximum absolute atomic E-state index is 13.5. The van der Waals surface area contributed by atoms with Crippen LogP contribution in [0.4, 0.5) is 0 Å². The van der Waals surface area contributed by atoms with Gasteiger partial charge in [0, 0.05) is 31.7 Å². The lowest BCUT2D eigenvalue weighted by atomic mass is 9.93. The second-order valence-electron chi connectivity index (χ2n) is 10.4. The van der Waals surface area contributed by atoms with Crippen LogP contribution < -0.4 is 9.47 Å². The number of aryl methyl sites for hydroxylation is 1. The lowest BCUT2D eigenvalue weighted by molar-refractivity contribution is -0.140. The summed E-state index contributed by atoms with van der Waals surface area (Å²) in [5.74, 6) is 0.0254. The van der Waals surface area contributed by atoms with Crippen molar-refractivity contribution in [1.29, 1.82) is 0 Å². The second-order valence-corrected chi connectivity index (χ2v) is 10.4. The van der Waals surface area contributed by atoms with Gasteiger partial charge in [-0.1, -0.05) is 32.4 Å². The minimum absolute atomic E-state index is 0.112. The summed E-state index contributed by atoms with van der Waals surface area (Å²) in [5, 5.41) is 11.5. The summed E-state index contributed by atoms with van der Waals surface area (Å²) in [4.78, 5) is 30.7. The number of hydrogen-bond acceptors (Lipinski definition) is 7. The molecule has 2 aromatic carbocycles. The number of likely N-dealkylation sites (tertiary alicyclic amines) is 1. The van der Waals surface area contributed by atoms with Crippen molar-refractivity contribution in [1.82, 2.24) is 9.80 Å². The molecule has 2 aromatic rings. The van der Waals surface area contributed by atoms with E-state index in [2.05, 4.69) is 11.8 Å². The molecule has 0 spiro atoms. The Hall–Kier alpha value is -3.36. The molecule has 0 saturated carbocycles. The van der Waals surface area contributed by atoms with Gasteiger partial charge >= 0.3 is 0 Å². The van der Waals surface area contributed by atoms with Gasteiger partial charge in [0.15, 0.2) is 0 Å². The van der Waals surface area contributed by atoms with Crippen molar-refractivity contribution < 1.29 is 28.9 Å².